The molecule has 0 aromatic heterocycles. The second-order valence-corrected chi connectivity index (χ2v) is 10.4. The molecule has 0 spiro atoms. The maximum atomic E-state index is 11.1. The fraction of sp³-hybridized carbons (Fsp3) is 0.929. The van der Waals surface area contributed by atoms with Gasteiger partial charge in [0.25, 0.3) is 0 Å². The number of rotatable bonds is 11. The quantitative estimate of drug-likeness (QED) is 0.448. The molecule has 1 atom stereocenters. The molecule has 18 heavy (non-hydrogen) atoms. The summed E-state index contributed by atoms with van der Waals surface area (Å²) in [5.41, 5.74) is 0. The van der Waals surface area contributed by atoms with Gasteiger partial charge in [0.15, 0.2) is 8.32 Å². The molecular formula is C14H30O3Si. The fourth-order valence-electron chi connectivity index (χ4n) is 1.95. The van der Waals surface area contributed by atoms with E-state index in [1.54, 1.807) is 0 Å². The molecular weight excluding hydrogens is 244 g/mol. The first-order chi connectivity index (χ1) is 8.37. The van der Waals surface area contributed by atoms with Crippen LogP contribution in [0.3, 0.4) is 0 Å². The Bertz CT molecular complexity index is 224. The van der Waals surface area contributed by atoms with Crippen LogP contribution in [-0.4, -0.2) is 25.5 Å². The highest BCUT2D eigenvalue weighted by molar-refractivity contribution is 6.69. The Morgan fingerprint density at radius 3 is 2.00 bits per heavy atom. The highest BCUT2D eigenvalue weighted by atomic mass is 28.4. The molecule has 0 bridgehead atoms. The zero-order chi connectivity index (χ0) is 14.0. The summed E-state index contributed by atoms with van der Waals surface area (Å²) in [6, 6.07) is 0. The molecule has 1 unspecified atom stereocenters. The maximum Gasteiger partial charge on any atom is 0.331 e. The minimum atomic E-state index is -1.75. The predicted molar refractivity (Wildman–Crippen MR) is 78.5 cm³/mol. The van der Waals surface area contributed by atoms with Crippen LogP contribution in [0, 0.1) is 0 Å². The van der Waals surface area contributed by atoms with Gasteiger partial charge in [0.2, 0.25) is 0 Å². The van der Waals surface area contributed by atoms with E-state index in [4.69, 9.17) is 9.53 Å². The number of carbonyl (C=O) groups is 1. The first kappa shape index (κ1) is 17.6. The average molecular weight is 274 g/mol. The number of hydrogen-bond acceptors (Lipinski definition) is 2. The third kappa shape index (κ3) is 10.8. The van der Waals surface area contributed by atoms with Gasteiger partial charge in [0, 0.05) is 0 Å². The van der Waals surface area contributed by atoms with Crippen LogP contribution in [0.4, 0.5) is 0 Å². The van der Waals surface area contributed by atoms with Gasteiger partial charge < -0.3 is 9.53 Å². The van der Waals surface area contributed by atoms with Crippen molar-refractivity contribution in [2.75, 3.05) is 0 Å². The van der Waals surface area contributed by atoms with Gasteiger partial charge in [-0.25, -0.2) is 4.79 Å². The highest BCUT2D eigenvalue weighted by Crippen LogP contribution is 2.15. The molecule has 108 valence electrons. The van der Waals surface area contributed by atoms with Gasteiger partial charge in [-0.2, -0.15) is 0 Å². The molecule has 0 aliphatic heterocycles. The zero-order valence-corrected chi connectivity index (χ0v) is 13.5. The van der Waals surface area contributed by atoms with Crippen LogP contribution in [0.5, 0.6) is 0 Å². The van der Waals surface area contributed by atoms with Crippen LogP contribution in [0.25, 0.3) is 0 Å². The average Bonchev–Trinajstić information content (AvgIpc) is 2.24. The smallest absolute Gasteiger partial charge is 0.331 e. The highest BCUT2D eigenvalue weighted by Gasteiger charge is 2.25. The van der Waals surface area contributed by atoms with Gasteiger partial charge in [0.05, 0.1) is 0 Å². The lowest BCUT2D eigenvalue weighted by atomic mass is 10.1. The van der Waals surface area contributed by atoms with Crippen LogP contribution in [0.1, 0.15) is 58.3 Å². The summed E-state index contributed by atoms with van der Waals surface area (Å²) in [7, 11) is -1.75. The van der Waals surface area contributed by atoms with Gasteiger partial charge in [-0.1, -0.05) is 51.9 Å². The van der Waals surface area contributed by atoms with E-state index in [2.05, 4.69) is 6.92 Å². The lowest BCUT2D eigenvalue weighted by molar-refractivity contribution is -0.145. The number of carboxylic acid groups (broad SMARTS) is 1. The van der Waals surface area contributed by atoms with E-state index >= 15 is 0 Å². The molecule has 0 heterocycles. The molecule has 0 saturated heterocycles. The molecule has 4 heteroatoms. The van der Waals surface area contributed by atoms with Crippen molar-refractivity contribution in [3.05, 3.63) is 0 Å². The normalized spacial score (nSPS) is 13.6. The van der Waals surface area contributed by atoms with E-state index in [1.165, 1.54) is 32.1 Å². The molecule has 0 aliphatic rings. The molecule has 3 nitrogen and oxygen atoms in total. The van der Waals surface area contributed by atoms with Gasteiger partial charge in [0.1, 0.15) is 6.10 Å². The Labute approximate surface area is 113 Å². The van der Waals surface area contributed by atoms with Gasteiger partial charge >= 0.3 is 5.97 Å². The third-order valence-corrected chi connectivity index (χ3v) is 3.83. The van der Waals surface area contributed by atoms with E-state index in [0.717, 1.165) is 12.8 Å². The fourth-order valence-corrected chi connectivity index (χ4v) is 3.02. The predicted octanol–water partition coefficient (Wildman–Crippen LogP) is 4.43. The third-order valence-electron chi connectivity index (χ3n) is 2.84. The summed E-state index contributed by atoms with van der Waals surface area (Å²) in [5, 5.41) is 9.11. The minimum Gasteiger partial charge on any atom is -0.479 e. The molecule has 0 rings (SSSR count). The number of unbranched alkanes of at least 4 members (excludes halogenated alkanes) is 6. The van der Waals surface area contributed by atoms with Crippen molar-refractivity contribution in [1.29, 1.82) is 0 Å². The Balaban J connectivity index is 3.69. The molecule has 0 aromatic rings. The van der Waals surface area contributed by atoms with Crippen molar-refractivity contribution >= 4 is 14.3 Å². The van der Waals surface area contributed by atoms with Gasteiger partial charge in [-0.15, -0.1) is 0 Å². The summed E-state index contributed by atoms with van der Waals surface area (Å²) >= 11 is 0. The van der Waals surface area contributed by atoms with Crippen molar-refractivity contribution in [2.45, 2.75) is 84.0 Å². The molecule has 0 aromatic carbocycles. The van der Waals surface area contributed by atoms with E-state index in [-0.39, 0.29) is 0 Å². The Hall–Kier alpha value is -0.353. The molecule has 0 fully saturated rings. The van der Waals surface area contributed by atoms with Crippen molar-refractivity contribution in [1.82, 2.24) is 0 Å². The van der Waals surface area contributed by atoms with E-state index < -0.39 is 20.4 Å². The topological polar surface area (TPSA) is 46.5 Å². The number of carboxylic acids is 1. The summed E-state index contributed by atoms with van der Waals surface area (Å²) in [6.07, 6.45) is 8.56. The van der Waals surface area contributed by atoms with E-state index in [0.29, 0.717) is 6.42 Å². The lowest BCUT2D eigenvalue weighted by Crippen LogP contribution is -2.36. The SMILES string of the molecule is CCCCCCCCCC(O[Si](C)(C)C)C(=O)O. The van der Waals surface area contributed by atoms with E-state index in [1.807, 2.05) is 19.6 Å². The van der Waals surface area contributed by atoms with Crippen molar-refractivity contribution in [3.63, 3.8) is 0 Å². The number of aliphatic carboxylic acids is 1. The largest absolute Gasteiger partial charge is 0.479 e. The van der Waals surface area contributed by atoms with Crippen LogP contribution < -0.4 is 0 Å². The monoisotopic (exact) mass is 274 g/mol. The summed E-state index contributed by atoms with van der Waals surface area (Å²) in [5.74, 6) is -0.802. The molecule has 0 amide bonds. The minimum absolute atomic E-state index is 0.590. The first-order valence-electron chi connectivity index (χ1n) is 7.27. The van der Waals surface area contributed by atoms with E-state index in [9.17, 15) is 4.79 Å². The zero-order valence-electron chi connectivity index (χ0n) is 12.5. The van der Waals surface area contributed by atoms with Crippen LogP contribution in [0.2, 0.25) is 19.6 Å². The standard InChI is InChI=1S/C14H30O3Si/c1-5-6-7-8-9-10-11-12-13(14(15)16)17-18(2,3)4/h13H,5-12H2,1-4H3,(H,15,16). The summed E-state index contributed by atoms with van der Waals surface area (Å²) in [4.78, 5) is 11.1. The summed E-state index contributed by atoms with van der Waals surface area (Å²) in [6.45, 7) is 8.32. The lowest BCUT2D eigenvalue weighted by Gasteiger charge is -2.23. The second-order valence-electron chi connectivity index (χ2n) is 5.97. The molecule has 0 aliphatic carbocycles. The Morgan fingerprint density at radius 2 is 1.56 bits per heavy atom. The van der Waals surface area contributed by atoms with Gasteiger partial charge in [-0.05, 0) is 26.1 Å². The Morgan fingerprint density at radius 1 is 1.06 bits per heavy atom. The Kier molecular flexibility index (Phi) is 9.37. The molecule has 0 radical (unpaired) electrons. The van der Waals surface area contributed by atoms with Crippen LogP contribution >= 0.6 is 0 Å². The summed E-state index contributed by atoms with van der Waals surface area (Å²) < 4.78 is 5.68. The molecule has 1 N–H and O–H groups in total. The maximum absolute atomic E-state index is 11.1. The van der Waals surface area contributed by atoms with Crippen molar-refractivity contribution in [3.8, 4) is 0 Å². The first-order valence-corrected chi connectivity index (χ1v) is 10.7. The van der Waals surface area contributed by atoms with Crippen LogP contribution in [0.15, 0.2) is 0 Å². The van der Waals surface area contributed by atoms with Gasteiger partial charge in [-0.3, -0.25) is 0 Å². The van der Waals surface area contributed by atoms with Crippen molar-refractivity contribution < 1.29 is 14.3 Å². The van der Waals surface area contributed by atoms with Crippen LogP contribution in [-0.2, 0) is 9.22 Å². The second kappa shape index (κ2) is 9.56. The number of hydrogen-bond donors (Lipinski definition) is 1. The molecule has 0 saturated carbocycles. The van der Waals surface area contributed by atoms with Crippen molar-refractivity contribution in [2.24, 2.45) is 0 Å².